The minimum Gasteiger partial charge on any atom is -0.382 e. The van der Waals surface area contributed by atoms with Crippen molar-refractivity contribution in [2.75, 3.05) is 5.73 Å². The predicted molar refractivity (Wildman–Crippen MR) is 79.5 cm³/mol. The van der Waals surface area contributed by atoms with E-state index in [9.17, 15) is 4.79 Å². The Morgan fingerprint density at radius 3 is 3.00 bits per heavy atom. The Hall–Kier alpha value is -3.03. The lowest BCUT2D eigenvalue weighted by Gasteiger charge is -2.02. The number of imidazole rings is 1. The molecule has 0 aliphatic heterocycles. The molecular weight excluding hydrogens is 282 g/mol. The molecule has 3 aromatic rings. The molecule has 3 heterocycles. The number of nitrogen functional groups attached to an aromatic ring is 1. The lowest BCUT2D eigenvalue weighted by Crippen LogP contribution is -2.35. The van der Waals surface area contributed by atoms with E-state index in [-0.39, 0.29) is 0 Å². The number of primary amides is 1. The van der Waals surface area contributed by atoms with Gasteiger partial charge in [0, 0.05) is 19.0 Å². The first-order valence-electron chi connectivity index (χ1n) is 6.85. The van der Waals surface area contributed by atoms with Crippen LogP contribution in [-0.4, -0.2) is 25.4 Å². The van der Waals surface area contributed by atoms with Crippen LogP contribution in [0.3, 0.4) is 0 Å². The Labute approximate surface area is 126 Å². The number of pyridine rings is 1. The highest BCUT2D eigenvalue weighted by molar-refractivity contribution is 5.92. The van der Waals surface area contributed by atoms with Gasteiger partial charge in [-0.1, -0.05) is 0 Å². The fraction of sp³-hybridized carbons (Fsp3) is 0.214. The molecule has 1 amide bonds. The van der Waals surface area contributed by atoms with Gasteiger partial charge in [-0.2, -0.15) is 0 Å². The van der Waals surface area contributed by atoms with E-state index in [1.165, 1.54) is 6.33 Å². The number of hydrogen-bond acceptors (Lipinski definition) is 5. The summed E-state index contributed by atoms with van der Waals surface area (Å²) in [6.45, 7) is 1.49. The van der Waals surface area contributed by atoms with Gasteiger partial charge in [-0.05, 0) is 6.07 Å². The summed E-state index contributed by atoms with van der Waals surface area (Å²) >= 11 is 0. The highest BCUT2D eigenvalue weighted by Crippen LogP contribution is 2.14. The topological polar surface area (TPSA) is 117 Å². The Bertz CT molecular complexity index is 827. The maximum absolute atomic E-state index is 11.2. The van der Waals surface area contributed by atoms with E-state index in [0.717, 1.165) is 25.2 Å². The summed E-state index contributed by atoms with van der Waals surface area (Å²) in [6, 6.07) is 3.50. The normalized spacial score (nSPS) is 10.9. The van der Waals surface area contributed by atoms with Gasteiger partial charge in [0.1, 0.15) is 24.0 Å². The van der Waals surface area contributed by atoms with Crippen LogP contribution in [0.2, 0.25) is 0 Å². The highest BCUT2D eigenvalue weighted by Gasteiger charge is 2.09. The molecule has 8 nitrogen and oxygen atoms in total. The summed E-state index contributed by atoms with van der Waals surface area (Å²) in [7, 11) is 0. The Morgan fingerprint density at radius 2 is 2.18 bits per heavy atom. The monoisotopic (exact) mass is 298 g/mol. The Morgan fingerprint density at radius 1 is 1.32 bits per heavy atom. The van der Waals surface area contributed by atoms with E-state index in [0.29, 0.717) is 16.9 Å². The smallest absolute Gasteiger partial charge is 0.254 e. The number of carbonyl (C=O) groups is 1. The molecule has 0 aromatic carbocycles. The third-order valence-electron chi connectivity index (χ3n) is 3.39. The first-order chi connectivity index (χ1) is 10.6. The summed E-state index contributed by atoms with van der Waals surface area (Å²) in [5.74, 6) is -0.0468. The van der Waals surface area contributed by atoms with E-state index in [2.05, 4.69) is 15.0 Å². The van der Waals surface area contributed by atoms with E-state index >= 15 is 0 Å². The minimum atomic E-state index is -0.429. The van der Waals surface area contributed by atoms with E-state index in [1.807, 2.05) is 15.3 Å². The average Bonchev–Trinajstić information content (AvgIpc) is 2.92. The molecule has 0 fully saturated rings. The number of carbonyl (C=O) groups excluding carboxylic acids is 1. The molecule has 0 atom stereocenters. The maximum Gasteiger partial charge on any atom is 0.254 e. The minimum absolute atomic E-state index is 0.382. The lowest BCUT2D eigenvalue weighted by atomic mass is 10.2. The fourth-order valence-electron chi connectivity index (χ4n) is 2.29. The number of anilines is 1. The largest absolute Gasteiger partial charge is 0.382 e. The van der Waals surface area contributed by atoms with Crippen molar-refractivity contribution >= 4 is 22.9 Å². The standard InChI is InChI=1S/C14H15N7O/c15-12-11-14(18-8-17-12)21(9-19-11)6-2-5-20-4-1-3-10(7-20)13(16)22/h1,3-4,7-9H,2,5-6H2,(H3-,15,16,17,18,22)/p+1. The van der Waals surface area contributed by atoms with Gasteiger partial charge >= 0.3 is 0 Å². The van der Waals surface area contributed by atoms with Crippen LogP contribution in [-0.2, 0) is 13.1 Å². The average molecular weight is 298 g/mol. The lowest BCUT2D eigenvalue weighted by molar-refractivity contribution is -0.697. The summed E-state index contributed by atoms with van der Waals surface area (Å²) in [5.41, 5.74) is 12.9. The molecule has 4 N–H and O–H groups in total. The van der Waals surface area contributed by atoms with Gasteiger partial charge in [0.2, 0.25) is 0 Å². The van der Waals surface area contributed by atoms with Crippen LogP contribution >= 0.6 is 0 Å². The molecular formula is C14H16N7O+. The number of hydrogen-bond donors (Lipinski definition) is 2. The highest BCUT2D eigenvalue weighted by atomic mass is 16.1. The Kier molecular flexibility index (Phi) is 3.65. The van der Waals surface area contributed by atoms with Crippen LogP contribution in [0.4, 0.5) is 5.82 Å². The van der Waals surface area contributed by atoms with Crippen LogP contribution in [0.1, 0.15) is 16.8 Å². The van der Waals surface area contributed by atoms with Gasteiger partial charge in [0.05, 0.1) is 6.33 Å². The molecule has 0 aliphatic carbocycles. The molecule has 0 unspecified atom stereocenters. The fourth-order valence-corrected chi connectivity index (χ4v) is 2.29. The van der Waals surface area contributed by atoms with Gasteiger partial charge in [-0.25, -0.2) is 19.5 Å². The first-order valence-corrected chi connectivity index (χ1v) is 6.85. The van der Waals surface area contributed by atoms with Gasteiger partial charge < -0.3 is 16.0 Å². The van der Waals surface area contributed by atoms with E-state index in [1.54, 1.807) is 24.7 Å². The molecule has 3 aromatic heterocycles. The van der Waals surface area contributed by atoms with Gasteiger partial charge in [0.15, 0.2) is 23.9 Å². The molecule has 0 radical (unpaired) electrons. The van der Waals surface area contributed by atoms with Crippen LogP contribution < -0.4 is 16.0 Å². The SMILES string of the molecule is NC(=O)c1ccc[n+](CCCn2cnc3c(N)ncnc32)c1. The van der Waals surface area contributed by atoms with Crippen molar-refractivity contribution in [1.29, 1.82) is 0 Å². The van der Waals surface area contributed by atoms with Crippen molar-refractivity contribution in [1.82, 2.24) is 19.5 Å². The summed E-state index contributed by atoms with van der Waals surface area (Å²) < 4.78 is 3.87. The number of aromatic nitrogens is 5. The first kappa shape index (κ1) is 13.9. The van der Waals surface area contributed by atoms with Crippen LogP contribution in [0, 0.1) is 0 Å². The summed E-state index contributed by atoms with van der Waals surface area (Å²) in [6.07, 6.45) is 7.64. The van der Waals surface area contributed by atoms with Gasteiger partial charge in [-0.3, -0.25) is 4.79 Å². The maximum atomic E-state index is 11.2. The molecule has 0 spiro atoms. The summed E-state index contributed by atoms with van der Waals surface area (Å²) in [4.78, 5) is 23.5. The second-order valence-electron chi connectivity index (χ2n) is 4.92. The van der Waals surface area contributed by atoms with Gasteiger partial charge in [0.25, 0.3) is 5.91 Å². The van der Waals surface area contributed by atoms with Crippen molar-refractivity contribution in [2.45, 2.75) is 19.5 Å². The third kappa shape index (κ3) is 2.71. The van der Waals surface area contributed by atoms with Gasteiger partial charge in [-0.15, -0.1) is 0 Å². The quantitative estimate of drug-likeness (QED) is 0.637. The van der Waals surface area contributed by atoms with Crippen molar-refractivity contribution in [3.63, 3.8) is 0 Å². The summed E-state index contributed by atoms with van der Waals surface area (Å²) in [5, 5.41) is 0. The number of aryl methyl sites for hydroxylation is 2. The number of fused-ring (bicyclic) bond motifs is 1. The molecule has 112 valence electrons. The molecule has 0 bridgehead atoms. The van der Waals surface area contributed by atoms with Crippen molar-refractivity contribution in [3.8, 4) is 0 Å². The second kappa shape index (κ2) is 5.76. The zero-order valence-electron chi connectivity index (χ0n) is 11.9. The molecule has 0 saturated heterocycles. The molecule has 8 heteroatoms. The van der Waals surface area contributed by atoms with Crippen LogP contribution in [0.5, 0.6) is 0 Å². The number of amides is 1. The number of rotatable bonds is 5. The number of nitrogens with zero attached hydrogens (tertiary/aromatic N) is 5. The zero-order valence-corrected chi connectivity index (χ0v) is 11.9. The zero-order chi connectivity index (χ0) is 15.5. The van der Waals surface area contributed by atoms with Crippen molar-refractivity contribution in [3.05, 3.63) is 42.7 Å². The second-order valence-corrected chi connectivity index (χ2v) is 4.92. The predicted octanol–water partition coefficient (Wildman–Crippen LogP) is -0.115. The van der Waals surface area contributed by atoms with Crippen molar-refractivity contribution in [2.24, 2.45) is 5.73 Å². The van der Waals surface area contributed by atoms with E-state index < -0.39 is 5.91 Å². The molecule has 0 saturated carbocycles. The molecule has 22 heavy (non-hydrogen) atoms. The molecule has 3 rings (SSSR count). The Balaban J connectivity index is 1.69. The van der Waals surface area contributed by atoms with Crippen LogP contribution in [0.15, 0.2) is 37.2 Å². The third-order valence-corrected chi connectivity index (χ3v) is 3.39. The molecule has 0 aliphatic rings. The number of nitrogens with two attached hydrogens (primary N) is 2. The van der Waals surface area contributed by atoms with E-state index in [4.69, 9.17) is 11.5 Å². The van der Waals surface area contributed by atoms with Crippen molar-refractivity contribution < 1.29 is 9.36 Å². The van der Waals surface area contributed by atoms with Crippen LogP contribution in [0.25, 0.3) is 11.2 Å².